The molecule has 0 unspecified atom stereocenters. The molecule has 0 amide bonds. The van der Waals surface area contributed by atoms with Gasteiger partial charge in [-0.1, -0.05) is 78.5 Å². The van der Waals surface area contributed by atoms with Gasteiger partial charge in [-0.3, -0.25) is 4.18 Å². The Bertz CT molecular complexity index is 2470. The van der Waals surface area contributed by atoms with Gasteiger partial charge in [0.2, 0.25) is 0 Å². The first kappa shape index (κ1) is 59.1. The zero-order valence-electron chi connectivity index (χ0n) is 36.5. The standard InChI is InChI=1S/C32H12BF24.C14H15OS2/c34-25(35,36)13-1-14(26(37,38)39)6-21(5-13)33(22-7-15(27(40,41)42)2-16(8-22)28(43,44)45,23-9-17(29(46,47)48)3-18(10-23)30(49,50)51)24-11-19(31(52,53)54)4-20(12-24)32(55,56)57;1-17(2)15-12-8-10-14(11-9-12)16-13-6-4-3-5-7-13/h1-12H;3-11H,1-2H3/q-1;+1. The molecule has 0 saturated carbocycles. The molecule has 0 saturated heterocycles. The SMILES string of the molecule is C[S+](C)Oc1ccc(Sc2ccccc2)cc1.FC(F)(F)c1cc([B-](c2cc(C(F)(F)F)cc(C(F)(F)F)c2)(c2cc(C(F)(F)F)cc(C(F)(F)F)c2)c2cc(C(F)(F)F)cc(C(F)(F)F)c2)cc(C(F)(F)F)c1. The van der Waals surface area contributed by atoms with Crippen LogP contribution in [0.15, 0.2) is 137 Å². The molecule has 6 aromatic carbocycles. The Kier molecular flexibility index (Phi) is 16.6. The number of benzene rings is 6. The number of halogens is 24. The van der Waals surface area contributed by atoms with E-state index in [-0.39, 0.29) is 11.2 Å². The van der Waals surface area contributed by atoms with E-state index in [9.17, 15) is 105 Å². The highest BCUT2D eigenvalue weighted by Gasteiger charge is 2.47. The summed E-state index contributed by atoms with van der Waals surface area (Å²) in [5.74, 6) is 0.941. The van der Waals surface area contributed by atoms with Gasteiger partial charge in [0.15, 0.2) is 16.9 Å². The van der Waals surface area contributed by atoms with Crippen molar-refractivity contribution < 1.29 is 110 Å². The smallest absolute Gasteiger partial charge is 0.287 e. The molecule has 400 valence electrons. The van der Waals surface area contributed by atoms with Crippen molar-refractivity contribution in [1.82, 2.24) is 0 Å². The third-order valence-electron chi connectivity index (χ3n) is 10.5. The van der Waals surface area contributed by atoms with Crippen LogP contribution in [0.4, 0.5) is 105 Å². The van der Waals surface area contributed by atoms with Crippen molar-refractivity contribution in [2.24, 2.45) is 0 Å². The molecule has 0 aromatic heterocycles. The summed E-state index contributed by atoms with van der Waals surface area (Å²) in [5.41, 5.74) is -30.2. The topological polar surface area (TPSA) is 9.23 Å². The normalized spacial score (nSPS) is 13.4. The lowest BCUT2D eigenvalue weighted by atomic mass is 9.12. The summed E-state index contributed by atoms with van der Waals surface area (Å²) in [6.07, 6.45) is -50.7. The lowest BCUT2D eigenvalue weighted by molar-refractivity contribution is -0.144. The van der Waals surface area contributed by atoms with E-state index in [1.807, 2.05) is 18.2 Å². The van der Waals surface area contributed by atoms with E-state index >= 15 is 0 Å². The van der Waals surface area contributed by atoms with Crippen LogP contribution in [0.3, 0.4) is 0 Å². The largest absolute Gasteiger partial charge is 0.416 e. The Morgan fingerprint density at radius 3 is 0.730 bits per heavy atom. The highest BCUT2D eigenvalue weighted by molar-refractivity contribution is 7.99. The Morgan fingerprint density at radius 2 is 0.527 bits per heavy atom. The van der Waals surface area contributed by atoms with Crippen molar-refractivity contribution >= 4 is 50.9 Å². The fourth-order valence-corrected chi connectivity index (χ4v) is 8.78. The lowest BCUT2D eigenvalue weighted by Gasteiger charge is -2.46. The molecular weight excluding hydrogens is 1100 g/mol. The van der Waals surface area contributed by atoms with Crippen LogP contribution in [0.5, 0.6) is 5.75 Å². The second-order valence-corrected chi connectivity index (χ2v) is 18.7. The Labute approximate surface area is 409 Å². The quantitative estimate of drug-likeness (QED) is 0.0853. The third kappa shape index (κ3) is 14.3. The van der Waals surface area contributed by atoms with Crippen molar-refractivity contribution in [2.45, 2.75) is 59.2 Å². The number of alkyl halides is 24. The maximum atomic E-state index is 14.2. The molecule has 0 fully saturated rings. The monoisotopic (exact) mass is 1130 g/mol. The average molecular weight is 1130 g/mol. The van der Waals surface area contributed by atoms with Crippen LogP contribution in [0.2, 0.25) is 0 Å². The molecule has 6 aromatic rings. The summed E-state index contributed by atoms with van der Waals surface area (Å²) in [6.45, 7) is 0. The van der Waals surface area contributed by atoms with Crippen molar-refractivity contribution in [2.75, 3.05) is 12.5 Å². The van der Waals surface area contributed by atoms with Crippen molar-refractivity contribution in [3.05, 3.63) is 172 Å². The molecule has 0 atom stereocenters. The molecule has 74 heavy (non-hydrogen) atoms. The molecule has 0 aliphatic heterocycles. The van der Waals surface area contributed by atoms with Crippen LogP contribution in [0.25, 0.3) is 0 Å². The summed E-state index contributed by atoms with van der Waals surface area (Å²) in [5, 5.41) is 0. The van der Waals surface area contributed by atoms with Gasteiger partial charge in [-0.2, -0.15) is 127 Å². The maximum absolute atomic E-state index is 14.2. The van der Waals surface area contributed by atoms with Crippen LogP contribution in [-0.4, -0.2) is 18.7 Å². The fourth-order valence-electron chi connectivity index (χ4n) is 7.45. The molecule has 0 aliphatic carbocycles. The fraction of sp³-hybridized carbons (Fsp3) is 0.217. The molecule has 1 nitrogen and oxygen atoms in total. The second-order valence-electron chi connectivity index (χ2n) is 15.9. The Balaban J connectivity index is 0.000000500. The summed E-state index contributed by atoms with van der Waals surface area (Å²) in [7, 11) is 0. The Hall–Kier alpha value is -5.80. The van der Waals surface area contributed by atoms with Gasteiger partial charge in [0.05, 0.1) is 44.5 Å². The van der Waals surface area contributed by atoms with Crippen LogP contribution < -0.4 is 26.0 Å². The minimum absolute atomic E-state index is 0.0179. The number of hydrogen-bond acceptors (Lipinski definition) is 2. The summed E-state index contributed by atoms with van der Waals surface area (Å²) >= 11 is 1.74. The van der Waals surface area contributed by atoms with E-state index in [0.717, 1.165) is 5.75 Å². The molecular formula is C46H27BF24OS2. The minimum Gasteiger partial charge on any atom is -0.287 e. The van der Waals surface area contributed by atoms with Crippen molar-refractivity contribution in [3.8, 4) is 5.75 Å². The van der Waals surface area contributed by atoms with Gasteiger partial charge >= 0.3 is 49.4 Å². The van der Waals surface area contributed by atoms with E-state index < -0.39 is 195 Å². The zero-order valence-corrected chi connectivity index (χ0v) is 38.1. The first-order valence-corrected chi connectivity index (χ1v) is 22.7. The lowest BCUT2D eigenvalue weighted by Crippen LogP contribution is -2.75. The zero-order chi connectivity index (χ0) is 56.0. The van der Waals surface area contributed by atoms with Gasteiger partial charge in [0.1, 0.15) is 18.7 Å². The second kappa shape index (κ2) is 20.7. The highest BCUT2D eigenvalue weighted by Crippen LogP contribution is 2.41. The van der Waals surface area contributed by atoms with Crippen molar-refractivity contribution in [3.63, 3.8) is 0 Å². The number of rotatable bonds is 8. The Morgan fingerprint density at radius 1 is 0.311 bits per heavy atom. The summed E-state index contributed by atoms with van der Waals surface area (Å²) in [6, 6.07) is 9.81. The highest BCUT2D eigenvalue weighted by atomic mass is 32.2. The van der Waals surface area contributed by atoms with E-state index in [1.54, 1.807) is 11.8 Å². The van der Waals surface area contributed by atoms with Gasteiger partial charge in [-0.05, 0) is 60.7 Å². The van der Waals surface area contributed by atoms with Crippen molar-refractivity contribution in [1.29, 1.82) is 0 Å². The first-order chi connectivity index (χ1) is 33.5. The van der Waals surface area contributed by atoms with Crippen LogP contribution in [-0.2, 0) is 60.6 Å². The van der Waals surface area contributed by atoms with E-state index in [4.69, 9.17) is 4.18 Å². The van der Waals surface area contributed by atoms with Gasteiger partial charge in [-0.15, -0.1) is 0 Å². The maximum Gasteiger partial charge on any atom is 0.416 e. The van der Waals surface area contributed by atoms with E-state index in [0.29, 0.717) is 0 Å². The molecule has 0 bridgehead atoms. The molecule has 0 radical (unpaired) electrons. The van der Waals surface area contributed by atoms with Crippen LogP contribution in [0, 0.1) is 0 Å². The predicted octanol–water partition coefficient (Wildman–Crippen LogP) is 15.2. The third-order valence-corrected chi connectivity index (χ3v) is 12.0. The molecule has 0 aliphatic rings. The average Bonchev–Trinajstić information content (AvgIpc) is 3.25. The molecule has 0 N–H and O–H groups in total. The van der Waals surface area contributed by atoms with E-state index in [2.05, 4.69) is 48.9 Å². The molecule has 28 heteroatoms. The number of hydrogen-bond donors (Lipinski definition) is 0. The van der Waals surface area contributed by atoms with E-state index in [1.165, 1.54) is 9.79 Å². The summed E-state index contributed by atoms with van der Waals surface area (Å²) in [4.78, 5) is 2.49. The van der Waals surface area contributed by atoms with Crippen LogP contribution >= 0.6 is 11.8 Å². The predicted molar refractivity (Wildman–Crippen MR) is 227 cm³/mol. The van der Waals surface area contributed by atoms with Gasteiger partial charge in [0.25, 0.3) is 0 Å². The molecule has 0 heterocycles. The first-order valence-electron chi connectivity index (χ1n) is 19.9. The molecule has 0 spiro atoms. The van der Waals surface area contributed by atoms with Crippen LogP contribution in [0.1, 0.15) is 44.5 Å². The summed E-state index contributed by atoms with van der Waals surface area (Å²) < 4.78 is 346. The van der Waals surface area contributed by atoms with Gasteiger partial charge in [0, 0.05) is 9.79 Å². The minimum atomic E-state index is -6.13. The molecule has 6 rings (SSSR count). The van der Waals surface area contributed by atoms with Gasteiger partial charge < -0.3 is 0 Å². The van der Waals surface area contributed by atoms with Gasteiger partial charge in [-0.25, -0.2) is 0 Å².